The number of rotatable bonds is 5. The standard InChI is InChI=1S/C19H16N2O3/c20-17-12-13(19(22)23)6-11-18(17)21-14-7-9-16(10-8-14)24-15-4-2-1-3-5-15/h1-12,21H,20H2,(H,22,23). The molecule has 0 aliphatic rings. The zero-order chi connectivity index (χ0) is 16.9. The minimum absolute atomic E-state index is 0.157. The smallest absolute Gasteiger partial charge is 0.335 e. The lowest BCUT2D eigenvalue weighted by atomic mass is 10.1. The molecule has 0 bridgehead atoms. The predicted octanol–water partition coefficient (Wildman–Crippen LogP) is 4.50. The summed E-state index contributed by atoms with van der Waals surface area (Å²) < 4.78 is 5.73. The summed E-state index contributed by atoms with van der Waals surface area (Å²) in [5.74, 6) is 0.489. The van der Waals surface area contributed by atoms with Gasteiger partial charge >= 0.3 is 5.97 Å². The van der Waals surface area contributed by atoms with Crippen LogP contribution in [0.25, 0.3) is 0 Å². The number of nitrogens with one attached hydrogen (secondary N) is 1. The number of para-hydroxylation sites is 1. The first-order chi connectivity index (χ1) is 11.6. The van der Waals surface area contributed by atoms with Crippen molar-refractivity contribution in [2.24, 2.45) is 0 Å². The van der Waals surface area contributed by atoms with Crippen LogP contribution in [-0.2, 0) is 0 Å². The molecule has 0 aliphatic heterocycles. The van der Waals surface area contributed by atoms with Crippen LogP contribution in [0.3, 0.4) is 0 Å². The molecule has 0 saturated heterocycles. The third-order valence-electron chi connectivity index (χ3n) is 3.41. The van der Waals surface area contributed by atoms with Crippen molar-refractivity contribution in [3.63, 3.8) is 0 Å². The lowest BCUT2D eigenvalue weighted by molar-refractivity contribution is 0.0697. The number of hydrogen-bond acceptors (Lipinski definition) is 4. The van der Waals surface area contributed by atoms with Crippen LogP contribution >= 0.6 is 0 Å². The second-order valence-electron chi connectivity index (χ2n) is 5.17. The van der Waals surface area contributed by atoms with Gasteiger partial charge in [-0.2, -0.15) is 0 Å². The first kappa shape index (κ1) is 15.4. The van der Waals surface area contributed by atoms with Crippen molar-refractivity contribution < 1.29 is 14.6 Å². The van der Waals surface area contributed by atoms with E-state index < -0.39 is 5.97 Å². The van der Waals surface area contributed by atoms with Gasteiger partial charge in [0.2, 0.25) is 0 Å². The summed E-state index contributed by atoms with van der Waals surface area (Å²) in [5.41, 5.74) is 7.89. The van der Waals surface area contributed by atoms with E-state index in [2.05, 4.69) is 5.32 Å². The van der Waals surface area contributed by atoms with Crippen molar-refractivity contribution in [1.29, 1.82) is 0 Å². The highest BCUT2D eigenvalue weighted by Gasteiger charge is 2.06. The highest BCUT2D eigenvalue weighted by Crippen LogP contribution is 2.27. The number of nitrogens with two attached hydrogens (primary N) is 1. The monoisotopic (exact) mass is 320 g/mol. The van der Waals surface area contributed by atoms with Crippen molar-refractivity contribution in [1.82, 2.24) is 0 Å². The van der Waals surface area contributed by atoms with Gasteiger partial charge in [0.25, 0.3) is 0 Å². The van der Waals surface area contributed by atoms with Gasteiger partial charge in [0.1, 0.15) is 11.5 Å². The Balaban J connectivity index is 1.71. The molecule has 3 aromatic rings. The lowest BCUT2D eigenvalue weighted by Crippen LogP contribution is -2.01. The zero-order valence-electron chi connectivity index (χ0n) is 12.8. The third kappa shape index (κ3) is 3.64. The molecule has 3 rings (SSSR count). The Bertz CT molecular complexity index is 846. The molecule has 0 spiro atoms. The predicted molar refractivity (Wildman–Crippen MR) is 94.1 cm³/mol. The van der Waals surface area contributed by atoms with E-state index in [1.807, 2.05) is 54.6 Å². The van der Waals surface area contributed by atoms with E-state index in [4.69, 9.17) is 15.6 Å². The number of hydrogen-bond donors (Lipinski definition) is 3. The molecule has 3 aromatic carbocycles. The molecule has 0 unspecified atom stereocenters. The topological polar surface area (TPSA) is 84.6 Å². The van der Waals surface area contributed by atoms with Crippen LogP contribution in [0, 0.1) is 0 Å². The number of ether oxygens (including phenoxy) is 1. The van der Waals surface area contributed by atoms with E-state index in [9.17, 15) is 4.79 Å². The first-order valence-electron chi connectivity index (χ1n) is 7.34. The van der Waals surface area contributed by atoms with Crippen LogP contribution in [-0.4, -0.2) is 11.1 Å². The van der Waals surface area contributed by atoms with Crippen molar-refractivity contribution in [3.8, 4) is 11.5 Å². The van der Waals surface area contributed by atoms with E-state index >= 15 is 0 Å². The van der Waals surface area contributed by atoms with E-state index in [0.29, 0.717) is 11.4 Å². The van der Waals surface area contributed by atoms with E-state index in [1.54, 1.807) is 6.07 Å². The molecule has 24 heavy (non-hydrogen) atoms. The fraction of sp³-hybridized carbons (Fsp3) is 0. The molecule has 0 amide bonds. The SMILES string of the molecule is Nc1cc(C(=O)O)ccc1Nc1ccc(Oc2ccccc2)cc1. The van der Waals surface area contributed by atoms with E-state index in [-0.39, 0.29) is 5.56 Å². The molecular formula is C19H16N2O3. The largest absolute Gasteiger partial charge is 0.478 e. The Morgan fingerprint density at radius 2 is 1.58 bits per heavy atom. The summed E-state index contributed by atoms with van der Waals surface area (Å²) in [7, 11) is 0. The molecule has 120 valence electrons. The maximum atomic E-state index is 10.9. The molecule has 0 saturated carbocycles. The average molecular weight is 320 g/mol. The Labute approximate surface area is 139 Å². The molecule has 0 radical (unpaired) electrons. The fourth-order valence-electron chi connectivity index (χ4n) is 2.20. The van der Waals surface area contributed by atoms with Crippen molar-refractivity contribution in [2.75, 3.05) is 11.1 Å². The summed E-state index contributed by atoms with van der Waals surface area (Å²) in [6, 6.07) is 21.5. The van der Waals surface area contributed by atoms with Gasteiger partial charge in [-0.1, -0.05) is 18.2 Å². The summed E-state index contributed by atoms with van der Waals surface area (Å²) in [4.78, 5) is 10.9. The first-order valence-corrected chi connectivity index (χ1v) is 7.34. The Morgan fingerprint density at radius 1 is 0.917 bits per heavy atom. The number of benzene rings is 3. The quantitative estimate of drug-likeness (QED) is 0.603. The van der Waals surface area contributed by atoms with E-state index in [1.165, 1.54) is 12.1 Å². The van der Waals surface area contributed by atoms with Gasteiger partial charge in [-0.3, -0.25) is 0 Å². The molecule has 4 N–H and O–H groups in total. The molecule has 0 heterocycles. The van der Waals surface area contributed by atoms with Crippen LogP contribution in [0.2, 0.25) is 0 Å². The molecule has 0 fully saturated rings. The Hall–Kier alpha value is -3.47. The van der Waals surface area contributed by atoms with Gasteiger partial charge in [-0.25, -0.2) is 4.79 Å². The summed E-state index contributed by atoms with van der Waals surface area (Å²) in [6.45, 7) is 0. The number of anilines is 3. The summed E-state index contributed by atoms with van der Waals surface area (Å²) in [5, 5.41) is 12.1. The van der Waals surface area contributed by atoms with Crippen LogP contribution in [0.1, 0.15) is 10.4 Å². The van der Waals surface area contributed by atoms with Crippen LogP contribution in [0.4, 0.5) is 17.1 Å². The van der Waals surface area contributed by atoms with Crippen molar-refractivity contribution in [2.45, 2.75) is 0 Å². The van der Waals surface area contributed by atoms with Gasteiger partial charge < -0.3 is 20.9 Å². The Morgan fingerprint density at radius 3 is 2.21 bits per heavy atom. The maximum Gasteiger partial charge on any atom is 0.335 e. The second kappa shape index (κ2) is 6.75. The molecular weight excluding hydrogens is 304 g/mol. The van der Waals surface area contributed by atoms with Crippen molar-refractivity contribution >= 4 is 23.0 Å². The number of carboxylic acids is 1. The molecule has 0 aliphatic carbocycles. The lowest BCUT2D eigenvalue weighted by Gasteiger charge is -2.11. The summed E-state index contributed by atoms with van der Waals surface area (Å²) >= 11 is 0. The minimum atomic E-state index is -1.00. The average Bonchev–Trinajstić information content (AvgIpc) is 2.59. The Kier molecular flexibility index (Phi) is 4.34. The number of carbonyl (C=O) groups is 1. The molecule has 5 nitrogen and oxygen atoms in total. The van der Waals surface area contributed by atoms with Gasteiger partial charge in [0.15, 0.2) is 0 Å². The van der Waals surface area contributed by atoms with Crippen molar-refractivity contribution in [3.05, 3.63) is 78.4 Å². The molecule has 0 atom stereocenters. The highest BCUT2D eigenvalue weighted by molar-refractivity contribution is 5.90. The van der Waals surface area contributed by atoms with Crippen LogP contribution < -0.4 is 15.8 Å². The maximum absolute atomic E-state index is 10.9. The molecule has 0 aromatic heterocycles. The van der Waals surface area contributed by atoms with Gasteiger partial charge in [-0.15, -0.1) is 0 Å². The number of carboxylic acid groups (broad SMARTS) is 1. The zero-order valence-corrected chi connectivity index (χ0v) is 12.8. The van der Waals surface area contributed by atoms with Gasteiger partial charge in [0.05, 0.1) is 16.9 Å². The van der Waals surface area contributed by atoms with Crippen LogP contribution in [0.15, 0.2) is 72.8 Å². The number of aromatic carboxylic acids is 1. The van der Waals surface area contributed by atoms with E-state index in [0.717, 1.165) is 17.2 Å². The van der Waals surface area contributed by atoms with Gasteiger partial charge in [0, 0.05) is 5.69 Å². The van der Waals surface area contributed by atoms with Crippen LogP contribution in [0.5, 0.6) is 11.5 Å². The highest BCUT2D eigenvalue weighted by atomic mass is 16.5. The third-order valence-corrected chi connectivity index (χ3v) is 3.41. The number of nitrogen functional groups attached to an aromatic ring is 1. The summed E-state index contributed by atoms with van der Waals surface area (Å²) in [6.07, 6.45) is 0. The second-order valence-corrected chi connectivity index (χ2v) is 5.17. The molecule has 5 heteroatoms. The minimum Gasteiger partial charge on any atom is -0.478 e. The van der Waals surface area contributed by atoms with Gasteiger partial charge in [-0.05, 0) is 54.6 Å². The normalized spacial score (nSPS) is 10.2. The fourth-order valence-corrected chi connectivity index (χ4v) is 2.20.